The van der Waals surface area contributed by atoms with Crippen LogP contribution in [0.5, 0.6) is 0 Å². The number of oxime groups is 1. The van der Waals surface area contributed by atoms with Crippen molar-refractivity contribution >= 4 is 44.3 Å². The molecule has 1 aromatic heterocycles. The summed E-state index contributed by atoms with van der Waals surface area (Å²) in [6.07, 6.45) is -1.18. The molecular weight excluding hydrogens is 476 g/mol. The van der Waals surface area contributed by atoms with Crippen molar-refractivity contribution in [3.8, 4) is 0 Å². The van der Waals surface area contributed by atoms with Gasteiger partial charge in [-0.05, 0) is 38.4 Å². The maximum atomic E-state index is 12.3. The van der Waals surface area contributed by atoms with Gasteiger partial charge < -0.3 is 30.3 Å². The van der Waals surface area contributed by atoms with Gasteiger partial charge in [-0.25, -0.2) is 4.79 Å². The Morgan fingerprint density at radius 2 is 1.78 bits per heavy atom. The van der Waals surface area contributed by atoms with Gasteiger partial charge in [0.2, 0.25) is 6.79 Å². The van der Waals surface area contributed by atoms with E-state index < -0.39 is 36.8 Å². The molecule has 1 aliphatic rings. The summed E-state index contributed by atoms with van der Waals surface area (Å²) in [5.41, 5.74) is 5.77. The number of benzene rings is 4. The molecule has 0 aliphatic carbocycles. The lowest BCUT2D eigenvalue weighted by molar-refractivity contribution is -0.139. The molecule has 10 nitrogen and oxygen atoms in total. The molecule has 1 saturated heterocycles. The summed E-state index contributed by atoms with van der Waals surface area (Å²) in [5, 5.41) is 31.1. The number of nitrogens with two attached hydrogens (primary N) is 1. The van der Waals surface area contributed by atoms with Crippen LogP contribution in [0.1, 0.15) is 11.8 Å². The number of anilines is 1. The van der Waals surface area contributed by atoms with E-state index in [4.69, 9.17) is 20.0 Å². The molecular formula is C27H24N4O6. The summed E-state index contributed by atoms with van der Waals surface area (Å²) in [4.78, 5) is 21.3. The molecule has 188 valence electrons. The van der Waals surface area contributed by atoms with E-state index in [1.54, 1.807) is 6.21 Å². The number of rotatable bonds is 7. The highest BCUT2D eigenvalue weighted by Crippen LogP contribution is 2.35. The smallest absolute Gasteiger partial charge is 0.351 e. The highest BCUT2D eigenvalue weighted by atomic mass is 16.8. The number of hydrogen-bond donors (Lipinski definition) is 3. The van der Waals surface area contributed by atoms with Crippen molar-refractivity contribution in [2.75, 3.05) is 19.1 Å². The molecule has 6 rings (SSSR count). The predicted molar refractivity (Wildman–Crippen MR) is 138 cm³/mol. The molecule has 1 fully saturated rings. The Morgan fingerprint density at radius 3 is 2.54 bits per heavy atom. The minimum absolute atomic E-state index is 0.0560. The minimum atomic E-state index is -1.20. The third-order valence-electron chi connectivity index (χ3n) is 6.76. The van der Waals surface area contributed by atoms with Gasteiger partial charge in [0.15, 0.2) is 6.23 Å². The zero-order valence-corrected chi connectivity index (χ0v) is 19.6. The van der Waals surface area contributed by atoms with Gasteiger partial charge in [-0.3, -0.25) is 4.57 Å². The fraction of sp³-hybridized carbons (Fsp3) is 0.222. The summed E-state index contributed by atoms with van der Waals surface area (Å²) in [5.74, 6) is 0.0560. The Labute approximate surface area is 210 Å². The normalized spacial score (nSPS) is 22.1. The van der Waals surface area contributed by atoms with Gasteiger partial charge >= 0.3 is 5.69 Å². The largest absolute Gasteiger partial charge is 0.394 e. The number of aromatic nitrogens is 2. The standard InChI is InChI=1S/C27H24N4O6/c28-21-10-11-31(27(34)30-21)26-25(24(33)20(13-32)37-26)35-14-36-29-12-18-7-6-17-5-4-15-2-1-3-16-8-9-19(18)23(17)22(15)16/h1-12,20,24-26,32-33H,13-14H2,(H2,28,30,34)/t20-,24-,25-,26-/m1/s1. The van der Waals surface area contributed by atoms with Crippen molar-refractivity contribution < 1.29 is 24.5 Å². The molecule has 5 aromatic rings. The number of nitrogen functional groups attached to an aromatic ring is 1. The second-order valence-corrected chi connectivity index (χ2v) is 8.90. The minimum Gasteiger partial charge on any atom is -0.394 e. The summed E-state index contributed by atoms with van der Waals surface area (Å²) >= 11 is 0. The number of nitrogens with zero attached hydrogens (tertiary/aromatic N) is 3. The van der Waals surface area contributed by atoms with E-state index in [0.29, 0.717) is 0 Å². The highest BCUT2D eigenvalue weighted by molar-refractivity contribution is 6.25. The highest BCUT2D eigenvalue weighted by Gasteiger charge is 2.46. The zero-order chi connectivity index (χ0) is 25.5. The van der Waals surface area contributed by atoms with Crippen LogP contribution in [0.3, 0.4) is 0 Å². The summed E-state index contributed by atoms with van der Waals surface area (Å²) in [6.45, 7) is -0.776. The second-order valence-electron chi connectivity index (χ2n) is 8.90. The quantitative estimate of drug-likeness (QED) is 0.102. The Morgan fingerprint density at radius 1 is 1.05 bits per heavy atom. The van der Waals surface area contributed by atoms with Gasteiger partial charge in [-0.2, -0.15) is 4.98 Å². The predicted octanol–water partition coefficient (Wildman–Crippen LogP) is 2.37. The monoisotopic (exact) mass is 500 g/mol. The van der Waals surface area contributed by atoms with Crippen LogP contribution >= 0.6 is 0 Å². The van der Waals surface area contributed by atoms with Crippen molar-refractivity contribution in [1.82, 2.24) is 9.55 Å². The van der Waals surface area contributed by atoms with Crippen LogP contribution in [0.25, 0.3) is 32.3 Å². The van der Waals surface area contributed by atoms with E-state index in [-0.39, 0.29) is 12.6 Å². The SMILES string of the molecule is Nc1ccn([C@@H]2O[C@H](CO)[C@@H](O)[C@H]2OCON=Cc2ccc3ccc4cccc5ccc2c3c45)c(=O)n1. The van der Waals surface area contributed by atoms with Gasteiger partial charge in [0.1, 0.15) is 24.1 Å². The van der Waals surface area contributed by atoms with Gasteiger partial charge in [-0.1, -0.05) is 59.8 Å². The average Bonchev–Trinajstić information content (AvgIpc) is 3.22. The van der Waals surface area contributed by atoms with Crippen LogP contribution in [-0.2, 0) is 14.3 Å². The number of hydrogen-bond acceptors (Lipinski definition) is 9. The van der Waals surface area contributed by atoms with Crippen LogP contribution in [0, 0.1) is 0 Å². The lowest BCUT2D eigenvalue weighted by atomic mass is 9.92. The van der Waals surface area contributed by atoms with Crippen molar-refractivity contribution in [3.63, 3.8) is 0 Å². The average molecular weight is 501 g/mol. The maximum absolute atomic E-state index is 12.3. The van der Waals surface area contributed by atoms with E-state index in [0.717, 1.165) is 20.9 Å². The van der Waals surface area contributed by atoms with Crippen LogP contribution in [-0.4, -0.2) is 57.7 Å². The van der Waals surface area contributed by atoms with Crippen LogP contribution in [0.15, 0.2) is 76.8 Å². The molecule has 37 heavy (non-hydrogen) atoms. The molecule has 0 saturated carbocycles. The van der Waals surface area contributed by atoms with Crippen molar-refractivity contribution in [1.29, 1.82) is 0 Å². The molecule has 2 heterocycles. The molecule has 10 heteroatoms. The van der Waals surface area contributed by atoms with E-state index in [1.807, 2.05) is 6.07 Å². The maximum Gasteiger partial charge on any atom is 0.351 e. The first kappa shape index (κ1) is 23.3. The van der Waals surface area contributed by atoms with Gasteiger partial charge in [-0.15, -0.1) is 0 Å². The Balaban J connectivity index is 1.20. The van der Waals surface area contributed by atoms with E-state index in [2.05, 4.69) is 58.7 Å². The van der Waals surface area contributed by atoms with Crippen LogP contribution in [0.4, 0.5) is 5.82 Å². The first-order valence-corrected chi connectivity index (χ1v) is 11.8. The third kappa shape index (κ3) is 4.05. The number of ether oxygens (including phenoxy) is 2. The Bertz CT molecular complexity index is 1650. The van der Waals surface area contributed by atoms with E-state index in [9.17, 15) is 15.0 Å². The fourth-order valence-corrected chi connectivity index (χ4v) is 5.00. The first-order valence-electron chi connectivity index (χ1n) is 11.8. The summed E-state index contributed by atoms with van der Waals surface area (Å²) < 4.78 is 12.5. The Hall–Kier alpha value is -4.09. The number of aliphatic hydroxyl groups excluding tert-OH is 2. The molecule has 1 aliphatic heterocycles. The lowest BCUT2D eigenvalue weighted by Crippen LogP contribution is -2.38. The van der Waals surface area contributed by atoms with Crippen LogP contribution in [0.2, 0.25) is 0 Å². The lowest BCUT2D eigenvalue weighted by Gasteiger charge is -2.21. The second kappa shape index (κ2) is 9.41. The van der Waals surface area contributed by atoms with Crippen molar-refractivity contribution in [2.45, 2.75) is 24.5 Å². The first-order chi connectivity index (χ1) is 18.0. The number of aliphatic hydroxyl groups is 2. The Kier molecular flexibility index (Phi) is 5.93. The topological polar surface area (TPSA) is 141 Å². The molecule has 0 radical (unpaired) electrons. The molecule has 0 bridgehead atoms. The molecule has 4 aromatic carbocycles. The van der Waals surface area contributed by atoms with Crippen LogP contribution < -0.4 is 11.4 Å². The van der Waals surface area contributed by atoms with Crippen molar-refractivity contribution in [3.05, 3.63) is 82.9 Å². The molecule has 0 unspecified atom stereocenters. The molecule has 0 amide bonds. The molecule has 0 spiro atoms. The summed E-state index contributed by atoms with van der Waals surface area (Å²) in [6, 6.07) is 20.1. The fourth-order valence-electron chi connectivity index (χ4n) is 5.00. The van der Waals surface area contributed by atoms with E-state index in [1.165, 1.54) is 33.8 Å². The van der Waals surface area contributed by atoms with E-state index >= 15 is 0 Å². The summed E-state index contributed by atoms with van der Waals surface area (Å²) in [7, 11) is 0. The molecule has 4 N–H and O–H groups in total. The van der Waals surface area contributed by atoms with Crippen molar-refractivity contribution in [2.24, 2.45) is 5.16 Å². The van der Waals surface area contributed by atoms with Gasteiger partial charge in [0.25, 0.3) is 0 Å². The van der Waals surface area contributed by atoms with Gasteiger partial charge in [0, 0.05) is 11.8 Å². The third-order valence-corrected chi connectivity index (χ3v) is 6.76. The molecule has 4 atom stereocenters. The van der Waals surface area contributed by atoms with Gasteiger partial charge in [0.05, 0.1) is 12.8 Å². The zero-order valence-electron chi connectivity index (χ0n) is 19.6.